The van der Waals surface area contributed by atoms with Gasteiger partial charge in [-0.25, -0.2) is 9.79 Å². The molecule has 0 bridgehead atoms. The van der Waals surface area contributed by atoms with Crippen molar-refractivity contribution in [2.75, 3.05) is 39.3 Å². The predicted octanol–water partition coefficient (Wildman–Crippen LogP) is 2.55. The van der Waals surface area contributed by atoms with Gasteiger partial charge >= 0.3 is 6.09 Å². The summed E-state index contributed by atoms with van der Waals surface area (Å²) >= 11 is 0. The zero-order valence-corrected chi connectivity index (χ0v) is 19.9. The first kappa shape index (κ1) is 25.5. The molecule has 1 aromatic carbocycles. The highest BCUT2D eigenvalue weighted by molar-refractivity contribution is 5.85. The van der Waals surface area contributed by atoms with Gasteiger partial charge in [-0.3, -0.25) is 4.79 Å². The second-order valence-corrected chi connectivity index (χ2v) is 9.06. The Labute approximate surface area is 192 Å². The molecule has 32 heavy (non-hydrogen) atoms. The van der Waals surface area contributed by atoms with E-state index in [2.05, 4.69) is 45.2 Å². The van der Waals surface area contributed by atoms with Gasteiger partial charge in [-0.05, 0) is 58.4 Å². The van der Waals surface area contributed by atoms with Crippen molar-refractivity contribution in [3.05, 3.63) is 35.9 Å². The summed E-state index contributed by atoms with van der Waals surface area (Å²) in [5.41, 5.74) is 0.842. The van der Waals surface area contributed by atoms with Crippen LogP contribution < -0.4 is 16.0 Å². The van der Waals surface area contributed by atoms with E-state index in [1.54, 1.807) is 0 Å². The minimum atomic E-state index is -0.524. The molecule has 0 spiro atoms. The Hall–Kier alpha value is -2.77. The van der Waals surface area contributed by atoms with E-state index in [4.69, 9.17) is 4.74 Å². The van der Waals surface area contributed by atoms with Crippen LogP contribution in [0.15, 0.2) is 35.3 Å². The normalized spacial score (nSPS) is 15.2. The molecule has 8 nitrogen and oxygen atoms in total. The quantitative estimate of drug-likeness (QED) is 0.325. The van der Waals surface area contributed by atoms with Crippen molar-refractivity contribution < 1.29 is 14.3 Å². The van der Waals surface area contributed by atoms with Crippen LogP contribution in [0.25, 0.3) is 0 Å². The number of aliphatic imine (C=N–C) groups is 1. The van der Waals surface area contributed by atoms with Gasteiger partial charge in [0.1, 0.15) is 12.1 Å². The largest absolute Gasteiger partial charge is 0.444 e. The van der Waals surface area contributed by atoms with E-state index in [9.17, 15) is 9.59 Å². The van der Waals surface area contributed by atoms with Crippen molar-refractivity contribution in [2.24, 2.45) is 10.9 Å². The van der Waals surface area contributed by atoms with Gasteiger partial charge in [0, 0.05) is 32.7 Å². The fourth-order valence-electron chi connectivity index (χ4n) is 3.58. The molecule has 2 amide bonds. The van der Waals surface area contributed by atoms with Crippen molar-refractivity contribution in [1.29, 1.82) is 0 Å². The van der Waals surface area contributed by atoms with Gasteiger partial charge in [0.25, 0.3) is 0 Å². The molecule has 1 aliphatic heterocycles. The molecular weight excluding hydrogens is 406 g/mol. The van der Waals surface area contributed by atoms with Crippen LogP contribution in [-0.2, 0) is 16.0 Å². The lowest BCUT2D eigenvalue weighted by atomic mass is 9.90. The van der Waals surface area contributed by atoms with E-state index >= 15 is 0 Å². The van der Waals surface area contributed by atoms with Crippen LogP contribution in [0.3, 0.4) is 0 Å². The first-order valence-electron chi connectivity index (χ1n) is 11.6. The Bertz CT molecular complexity index is 738. The lowest BCUT2D eigenvalue weighted by Crippen LogP contribution is -2.44. The average molecular weight is 446 g/mol. The molecule has 0 saturated carbocycles. The fourth-order valence-corrected chi connectivity index (χ4v) is 3.58. The zero-order chi connectivity index (χ0) is 23.4. The maximum atomic E-state index is 12.6. The minimum absolute atomic E-state index is 0.0484. The summed E-state index contributed by atoms with van der Waals surface area (Å²) < 4.78 is 5.21. The zero-order valence-electron chi connectivity index (χ0n) is 19.9. The number of carbonyl (C=O) groups excluding carboxylic acids is 2. The monoisotopic (exact) mass is 445 g/mol. The number of amides is 2. The van der Waals surface area contributed by atoms with Crippen molar-refractivity contribution >= 4 is 18.0 Å². The van der Waals surface area contributed by atoms with Crippen LogP contribution in [0.1, 0.15) is 46.1 Å². The van der Waals surface area contributed by atoms with Gasteiger partial charge in [-0.15, -0.1) is 0 Å². The van der Waals surface area contributed by atoms with Gasteiger partial charge in [0.2, 0.25) is 5.91 Å². The molecule has 0 unspecified atom stereocenters. The van der Waals surface area contributed by atoms with E-state index in [1.807, 2.05) is 38.7 Å². The molecule has 1 saturated heterocycles. The number of guanidine groups is 1. The van der Waals surface area contributed by atoms with Crippen molar-refractivity contribution in [3.63, 3.8) is 0 Å². The Kier molecular flexibility index (Phi) is 10.3. The molecule has 178 valence electrons. The summed E-state index contributed by atoms with van der Waals surface area (Å²) in [7, 11) is 0. The standard InChI is InChI=1S/C24H39N5O3/c1-5-25-22(26-13-14-27-23(31)32-24(2,3)4)28-18-21(30)29-15-11-20(12-16-29)17-19-9-7-6-8-10-19/h6-10,20H,5,11-18H2,1-4H3,(H,27,31)(H2,25,26,28). The maximum Gasteiger partial charge on any atom is 0.407 e. The lowest BCUT2D eigenvalue weighted by molar-refractivity contribution is -0.130. The van der Waals surface area contributed by atoms with E-state index in [0.717, 1.165) is 32.4 Å². The molecule has 8 heteroatoms. The molecular formula is C24H39N5O3. The van der Waals surface area contributed by atoms with Gasteiger partial charge in [0.15, 0.2) is 5.96 Å². The molecule has 1 aromatic rings. The molecule has 1 aliphatic rings. The summed E-state index contributed by atoms with van der Waals surface area (Å²) in [4.78, 5) is 30.6. The molecule has 0 atom stereocenters. The Morgan fingerprint density at radius 2 is 1.72 bits per heavy atom. The molecule has 0 radical (unpaired) electrons. The van der Waals surface area contributed by atoms with Gasteiger partial charge < -0.3 is 25.6 Å². The fraction of sp³-hybridized carbons (Fsp3) is 0.625. The molecule has 0 aromatic heterocycles. The molecule has 3 N–H and O–H groups in total. The van der Waals surface area contributed by atoms with Gasteiger partial charge in [0.05, 0.1) is 0 Å². The van der Waals surface area contributed by atoms with E-state index in [1.165, 1.54) is 5.56 Å². The number of hydrogen-bond donors (Lipinski definition) is 3. The summed E-state index contributed by atoms with van der Waals surface area (Å²) in [6.45, 7) is 10.7. The number of piperidine rings is 1. The summed E-state index contributed by atoms with van der Waals surface area (Å²) in [6.07, 6.45) is 2.68. The summed E-state index contributed by atoms with van der Waals surface area (Å²) in [5.74, 6) is 1.24. The van der Waals surface area contributed by atoms with Crippen LogP contribution in [0.5, 0.6) is 0 Å². The van der Waals surface area contributed by atoms with Crippen LogP contribution in [0, 0.1) is 5.92 Å². The number of nitrogens with zero attached hydrogens (tertiary/aromatic N) is 2. The molecule has 0 aliphatic carbocycles. The molecule has 1 fully saturated rings. The van der Waals surface area contributed by atoms with Crippen LogP contribution in [0.4, 0.5) is 4.79 Å². The third-order valence-corrected chi connectivity index (χ3v) is 5.14. The first-order chi connectivity index (χ1) is 15.3. The van der Waals surface area contributed by atoms with Gasteiger partial charge in [-0.2, -0.15) is 0 Å². The highest BCUT2D eigenvalue weighted by Crippen LogP contribution is 2.21. The summed E-state index contributed by atoms with van der Waals surface area (Å²) in [6, 6.07) is 10.5. The average Bonchev–Trinajstić information content (AvgIpc) is 2.74. The first-order valence-corrected chi connectivity index (χ1v) is 11.6. The summed E-state index contributed by atoms with van der Waals surface area (Å²) in [5, 5.41) is 8.95. The third-order valence-electron chi connectivity index (χ3n) is 5.14. The lowest BCUT2D eigenvalue weighted by Gasteiger charge is -2.32. The maximum absolute atomic E-state index is 12.6. The van der Waals surface area contributed by atoms with Crippen molar-refractivity contribution in [1.82, 2.24) is 20.9 Å². The number of rotatable bonds is 8. The van der Waals surface area contributed by atoms with Gasteiger partial charge in [-0.1, -0.05) is 30.3 Å². The van der Waals surface area contributed by atoms with Crippen LogP contribution in [-0.4, -0.2) is 67.7 Å². The number of benzene rings is 1. The predicted molar refractivity (Wildman–Crippen MR) is 128 cm³/mol. The van der Waals surface area contributed by atoms with Crippen LogP contribution >= 0.6 is 0 Å². The Morgan fingerprint density at radius 3 is 2.34 bits per heavy atom. The highest BCUT2D eigenvalue weighted by Gasteiger charge is 2.22. The Balaban J connectivity index is 1.70. The molecule has 1 heterocycles. The van der Waals surface area contributed by atoms with Crippen molar-refractivity contribution in [2.45, 2.75) is 52.6 Å². The number of carbonyl (C=O) groups is 2. The second-order valence-electron chi connectivity index (χ2n) is 9.06. The van der Waals surface area contributed by atoms with Crippen LogP contribution in [0.2, 0.25) is 0 Å². The second kappa shape index (κ2) is 12.9. The highest BCUT2D eigenvalue weighted by atomic mass is 16.6. The SMILES string of the molecule is CCNC(=NCC(=O)N1CCC(Cc2ccccc2)CC1)NCCNC(=O)OC(C)(C)C. The van der Waals surface area contributed by atoms with Crippen molar-refractivity contribution in [3.8, 4) is 0 Å². The number of alkyl carbamates (subject to hydrolysis) is 1. The minimum Gasteiger partial charge on any atom is -0.444 e. The number of nitrogens with one attached hydrogen (secondary N) is 3. The number of ether oxygens (including phenoxy) is 1. The Morgan fingerprint density at radius 1 is 1.06 bits per heavy atom. The van der Waals surface area contributed by atoms with E-state index in [0.29, 0.717) is 31.5 Å². The van der Waals surface area contributed by atoms with E-state index in [-0.39, 0.29) is 12.5 Å². The third kappa shape index (κ3) is 10.0. The smallest absolute Gasteiger partial charge is 0.407 e. The molecule has 2 rings (SSSR count). The number of likely N-dealkylation sites (tertiary alicyclic amines) is 1. The topological polar surface area (TPSA) is 95.1 Å². The number of hydrogen-bond acceptors (Lipinski definition) is 4. The van der Waals surface area contributed by atoms with E-state index < -0.39 is 11.7 Å².